The van der Waals surface area contributed by atoms with Crippen LogP contribution in [0.2, 0.25) is 0 Å². The van der Waals surface area contributed by atoms with E-state index in [1.807, 2.05) is 45.9 Å². The Morgan fingerprint density at radius 1 is 0.971 bits per heavy atom. The van der Waals surface area contributed by atoms with Gasteiger partial charge < -0.3 is 33.3 Å². The number of halogens is 1. The fourth-order valence-electron chi connectivity index (χ4n) is 8.15. The minimum Gasteiger partial charge on any atom is -0.484 e. The highest BCUT2D eigenvalue weighted by atomic mass is 33.1. The Labute approximate surface area is 424 Å². The second kappa shape index (κ2) is 26.3. The van der Waals surface area contributed by atoms with Crippen molar-refractivity contribution in [3.8, 4) is 5.75 Å². The number of alkyl halides is 1. The fraction of sp³-hybridized carbons (Fsp3) is 0.547. The quantitative estimate of drug-likeness (QED) is 0.0472. The third-order valence-electron chi connectivity index (χ3n) is 12.6. The number of carbonyl (C=O) groups excluding carboxylic acids is 2. The average Bonchev–Trinajstić information content (AvgIpc) is 3.67. The summed E-state index contributed by atoms with van der Waals surface area (Å²) in [4.78, 5) is 43.9. The van der Waals surface area contributed by atoms with Crippen molar-refractivity contribution in [3.63, 3.8) is 0 Å². The number of para-hydroxylation sites is 1. The van der Waals surface area contributed by atoms with E-state index < -0.39 is 44.7 Å². The van der Waals surface area contributed by atoms with Crippen LogP contribution >= 0.6 is 30.1 Å². The number of Topliss-reactive ketones (excluding diaryl/α,β-unsaturated/α-hetero) is 1. The number of aromatic nitrogens is 2. The molecule has 2 aliphatic rings. The van der Waals surface area contributed by atoms with E-state index >= 15 is 4.39 Å². The van der Waals surface area contributed by atoms with Gasteiger partial charge in [0.25, 0.3) is 14.4 Å². The van der Waals surface area contributed by atoms with Crippen LogP contribution in [-0.4, -0.2) is 87.5 Å². The lowest BCUT2D eigenvalue weighted by atomic mass is 9.83. The number of ether oxygens (including phenoxy) is 4. The van der Waals surface area contributed by atoms with Crippen molar-refractivity contribution < 1.29 is 43.3 Å². The van der Waals surface area contributed by atoms with E-state index in [9.17, 15) is 14.4 Å². The maximum absolute atomic E-state index is 16.6. The highest BCUT2D eigenvalue weighted by molar-refractivity contribution is 8.77. The third-order valence-corrected chi connectivity index (χ3v) is 18.2. The molecule has 3 aromatic carbocycles. The van der Waals surface area contributed by atoms with Crippen LogP contribution in [0.5, 0.6) is 5.75 Å². The van der Waals surface area contributed by atoms with E-state index in [4.69, 9.17) is 29.4 Å². The number of nitrogens with zero attached hydrogens (tertiary/aromatic N) is 3. The number of benzene rings is 3. The van der Waals surface area contributed by atoms with Crippen molar-refractivity contribution in [1.82, 2.24) is 14.2 Å². The average molecular weight is 1020 g/mol. The second-order valence-corrected chi connectivity index (χ2v) is 23.4. The smallest absolute Gasteiger partial charge is 0.351 e. The Bertz CT molecular complexity index is 2350. The van der Waals surface area contributed by atoms with Crippen LogP contribution in [0.1, 0.15) is 125 Å². The summed E-state index contributed by atoms with van der Waals surface area (Å²) in [7, 11) is 1.57. The topological polar surface area (TPSA) is 140 Å². The minimum atomic E-state index is -1.86. The summed E-state index contributed by atoms with van der Waals surface area (Å²) < 4.78 is 64.5. The van der Waals surface area contributed by atoms with Crippen molar-refractivity contribution in [1.29, 1.82) is 0 Å². The first-order valence-electron chi connectivity index (χ1n) is 25.1. The van der Waals surface area contributed by atoms with Crippen molar-refractivity contribution in [2.24, 2.45) is 5.41 Å². The number of aryl methyl sites for hydroxylation is 1. The van der Waals surface area contributed by atoms with Crippen molar-refractivity contribution in [2.75, 3.05) is 31.7 Å². The molecule has 0 spiro atoms. The zero-order valence-electron chi connectivity index (χ0n) is 42.8. The number of anilines is 1. The zero-order valence-corrected chi connectivity index (χ0v) is 44.4. The lowest BCUT2D eigenvalue weighted by molar-refractivity contribution is -0.235. The maximum atomic E-state index is 16.6. The van der Waals surface area contributed by atoms with Crippen molar-refractivity contribution >= 4 is 47.6 Å². The zero-order chi connectivity index (χ0) is 51.1. The first-order valence-corrected chi connectivity index (χ1v) is 27.6. The molecule has 0 bridgehead atoms. The van der Waals surface area contributed by atoms with Crippen molar-refractivity contribution in [3.05, 3.63) is 118 Å². The molecule has 2 aliphatic heterocycles. The third kappa shape index (κ3) is 15.7. The van der Waals surface area contributed by atoms with Gasteiger partial charge in [-0.05, 0) is 116 Å². The predicted molar refractivity (Wildman–Crippen MR) is 278 cm³/mol. The van der Waals surface area contributed by atoms with Gasteiger partial charge in [0, 0.05) is 53.1 Å². The summed E-state index contributed by atoms with van der Waals surface area (Å²) >= 11 is 0. The molecule has 0 radical (unpaired) electrons. The van der Waals surface area contributed by atoms with Gasteiger partial charge in [0.15, 0.2) is 25.3 Å². The lowest BCUT2D eigenvalue weighted by Crippen LogP contribution is -2.38. The molecule has 0 aliphatic carbocycles. The van der Waals surface area contributed by atoms with Gasteiger partial charge >= 0.3 is 5.69 Å². The number of ketones is 1. The first kappa shape index (κ1) is 54.1. The van der Waals surface area contributed by atoms with Crippen LogP contribution in [0.4, 0.5) is 10.2 Å². The Balaban J connectivity index is 0.992. The summed E-state index contributed by atoms with van der Waals surface area (Å²) in [6, 6.07) is 26.6. The molecule has 4 aromatic rings. The van der Waals surface area contributed by atoms with Crippen molar-refractivity contribution in [2.45, 2.75) is 160 Å². The number of nitrogens with one attached hydrogen (secondary N) is 1. The maximum Gasteiger partial charge on any atom is 0.351 e. The molecule has 1 amide bonds. The van der Waals surface area contributed by atoms with Gasteiger partial charge in [-0.1, -0.05) is 96.1 Å². The minimum absolute atomic E-state index is 0.0249. The SMILES string of the molecule is [2H]CC1OC(n2ccc(NC(=O)COc3ccccc3)nc2=O)C(F)C1OP(OCCc1ccccc1SSC(C)(C)CCC(=O)CCc1ccc(C2OCC(CC)(CC)CO2)cc1)N(C(C)C)C(C)C. The van der Waals surface area contributed by atoms with Crippen LogP contribution in [0.25, 0.3) is 0 Å². The van der Waals surface area contributed by atoms with Gasteiger partial charge in [-0.15, -0.1) is 0 Å². The summed E-state index contributed by atoms with van der Waals surface area (Å²) in [5.41, 5.74) is 2.46. The molecule has 1 aromatic heterocycles. The van der Waals surface area contributed by atoms with E-state index in [0.717, 1.165) is 45.4 Å². The monoisotopic (exact) mass is 1020 g/mol. The van der Waals surface area contributed by atoms with E-state index in [1.54, 1.807) is 45.9 Å². The Kier molecular flexibility index (Phi) is 20.3. The van der Waals surface area contributed by atoms with Gasteiger partial charge in [-0.2, -0.15) is 4.98 Å². The van der Waals surface area contributed by atoms with E-state index in [2.05, 4.69) is 79.1 Å². The van der Waals surface area contributed by atoms with E-state index in [-0.39, 0.29) is 60.3 Å². The summed E-state index contributed by atoms with van der Waals surface area (Å²) in [6.07, 6.45) is 0.514. The summed E-state index contributed by atoms with van der Waals surface area (Å²) in [5, 5.41) is 2.53. The summed E-state index contributed by atoms with van der Waals surface area (Å²) in [5.74, 6) is 0.207. The molecule has 2 saturated heterocycles. The molecule has 5 atom stereocenters. The molecule has 13 nitrogen and oxygen atoms in total. The molecule has 5 unspecified atom stereocenters. The van der Waals surface area contributed by atoms with Gasteiger partial charge in [0.1, 0.15) is 23.5 Å². The Morgan fingerprint density at radius 3 is 2.31 bits per heavy atom. The number of carbonyl (C=O) groups is 2. The fourth-order valence-corrected chi connectivity index (χ4v) is 12.5. The van der Waals surface area contributed by atoms with Crippen LogP contribution in [0.15, 0.2) is 101 Å². The van der Waals surface area contributed by atoms with Crippen LogP contribution < -0.4 is 15.7 Å². The molecule has 17 heteroatoms. The van der Waals surface area contributed by atoms with Gasteiger partial charge in [0.2, 0.25) is 0 Å². The van der Waals surface area contributed by atoms with Gasteiger partial charge in [-0.3, -0.25) is 14.2 Å². The highest BCUT2D eigenvalue weighted by Crippen LogP contribution is 2.51. The summed E-state index contributed by atoms with van der Waals surface area (Å²) in [6.45, 7) is 17.9. The molecular formula is C53H72FN4O9PS2. The molecule has 6 rings (SSSR count). The molecule has 1 N–H and O–H groups in total. The predicted octanol–water partition coefficient (Wildman–Crippen LogP) is 11.9. The molecule has 0 saturated carbocycles. The van der Waals surface area contributed by atoms with Gasteiger partial charge in [0.05, 0.1) is 25.9 Å². The Morgan fingerprint density at radius 2 is 1.66 bits per heavy atom. The molecule has 70 heavy (non-hydrogen) atoms. The van der Waals surface area contributed by atoms with Crippen LogP contribution in [0, 0.1) is 5.41 Å². The Hall–Kier alpha value is -3.70. The molecule has 382 valence electrons. The van der Waals surface area contributed by atoms with Gasteiger partial charge in [-0.25, -0.2) is 13.9 Å². The number of amides is 1. The lowest BCUT2D eigenvalue weighted by Gasteiger charge is -2.39. The largest absolute Gasteiger partial charge is 0.484 e. The van der Waals surface area contributed by atoms with Crippen LogP contribution in [0.3, 0.4) is 0 Å². The normalized spacial score (nSPS) is 20.2. The number of rotatable bonds is 26. The second-order valence-electron chi connectivity index (χ2n) is 19.1. The first-order chi connectivity index (χ1) is 34.0. The molecule has 3 heterocycles. The highest BCUT2D eigenvalue weighted by Gasteiger charge is 2.48. The van der Waals surface area contributed by atoms with E-state index in [0.29, 0.717) is 44.6 Å². The number of hydrogen-bond donors (Lipinski definition) is 1. The number of hydrogen-bond acceptors (Lipinski definition) is 13. The standard InChI is InChI=1S/C53H72FN4O9PS2/c1-10-53(11-2)34-63-50(64-35-53)41-24-21-39(22-25-41)23-26-42(59)27-30-52(8,9)70-69-44-20-16-15-17-40(44)29-32-65-68(58(36(3)4)37(5)6)67-48-38(7)66-49(47(48)54)57-31-28-45(56-51(57)61)55-46(60)33-62-43-18-13-12-14-19-43/h12-22,24-25,28,31,36-38,47-50H,10-11,23,26-27,29-30,32-35H2,1-9H3,(H,55,56,60,61)/i7D. The molecule has 2 fully saturated rings. The van der Waals surface area contributed by atoms with Crippen LogP contribution in [-0.2, 0) is 45.7 Å². The molecular weight excluding hydrogens is 951 g/mol. The van der Waals surface area contributed by atoms with E-state index in [1.165, 1.54) is 12.3 Å².